The molecule has 0 rings (SSSR count). The number of sulfonamides is 1. The van der Waals surface area contributed by atoms with Gasteiger partial charge < -0.3 is 10.6 Å². The summed E-state index contributed by atoms with van der Waals surface area (Å²) in [5.41, 5.74) is 0. The van der Waals surface area contributed by atoms with Crippen molar-refractivity contribution in [2.24, 2.45) is 0 Å². The molecule has 0 saturated heterocycles. The summed E-state index contributed by atoms with van der Waals surface area (Å²) in [6.45, 7) is -1.72. The largest absolute Gasteiger partial charge is 0.405 e. The molecule has 0 aromatic carbocycles. The maximum Gasteiger partial charge on any atom is 0.405 e. The second-order valence-corrected chi connectivity index (χ2v) is 5.63. The highest BCUT2D eigenvalue weighted by molar-refractivity contribution is 7.89. The zero-order valence-corrected chi connectivity index (χ0v) is 10.2. The van der Waals surface area contributed by atoms with Gasteiger partial charge in [0.1, 0.15) is 6.54 Å². The quantitative estimate of drug-likeness (QED) is 0.726. The van der Waals surface area contributed by atoms with Gasteiger partial charge >= 0.3 is 12.2 Å². The third-order valence-corrected chi connectivity index (χ3v) is 3.48. The van der Waals surface area contributed by atoms with E-state index in [4.69, 9.17) is 0 Å². The van der Waals surface area contributed by atoms with E-state index in [0.29, 0.717) is 0 Å². The highest BCUT2D eigenvalue weighted by Crippen LogP contribution is 2.11. The van der Waals surface area contributed by atoms with E-state index in [1.807, 2.05) is 5.32 Å². The van der Waals surface area contributed by atoms with Crippen molar-refractivity contribution < 1.29 is 26.4 Å². The van der Waals surface area contributed by atoms with Crippen LogP contribution in [0.3, 0.4) is 0 Å². The Labute approximate surface area is 97.2 Å². The minimum Gasteiger partial charge on any atom is -0.337 e. The monoisotopic (exact) mass is 277 g/mol. The van der Waals surface area contributed by atoms with Crippen LogP contribution in [0, 0.1) is 0 Å². The summed E-state index contributed by atoms with van der Waals surface area (Å²) in [4.78, 5) is 10.8. The molecule has 10 heteroatoms. The molecule has 0 bridgehead atoms. The van der Waals surface area contributed by atoms with Crippen molar-refractivity contribution in [2.75, 3.05) is 32.9 Å². The van der Waals surface area contributed by atoms with E-state index in [0.717, 1.165) is 4.31 Å². The molecule has 102 valence electrons. The summed E-state index contributed by atoms with van der Waals surface area (Å²) in [5.74, 6) is -0.376. The zero-order valence-electron chi connectivity index (χ0n) is 9.34. The highest BCUT2D eigenvalue weighted by Gasteiger charge is 2.27. The normalized spacial score (nSPS) is 12.6. The van der Waals surface area contributed by atoms with Crippen molar-refractivity contribution in [3.05, 3.63) is 0 Å². The summed E-state index contributed by atoms with van der Waals surface area (Å²) in [5, 5.41) is 3.56. The third-order valence-electron chi connectivity index (χ3n) is 1.65. The van der Waals surface area contributed by atoms with E-state index in [2.05, 4.69) is 0 Å². The van der Waals surface area contributed by atoms with E-state index in [9.17, 15) is 26.4 Å². The Morgan fingerprint density at radius 3 is 2.18 bits per heavy atom. The fourth-order valence-corrected chi connectivity index (χ4v) is 1.44. The van der Waals surface area contributed by atoms with Gasteiger partial charge in [-0.05, 0) is 0 Å². The van der Waals surface area contributed by atoms with E-state index in [-0.39, 0.29) is 12.3 Å². The number of nitrogens with one attached hydrogen (secondary N) is 2. The molecule has 0 saturated carbocycles. The van der Waals surface area contributed by atoms with Gasteiger partial charge in [0.2, 0.25) is 10.0 Å². The fraction of sp³-hybridized carbons (Fsp3) is 0.857. The summed E-state index contributed by atoms with van der Waals surface area (Å²) in [6.07, 6.45) is -4.49. The molecule has 0 aliphatic carbocycles. The lowest BCUT2D eigenvalue weighted by Gasteiger charge is -2.12. The van der Waals surface area contributed by atoms with E-state index >= 15 is 0 Å². The van der Waals surface area contributed by atoms with E-state index in [1.165, 1.54) is 14.1 Å². The standard InChI is InChI=1S/C7H14F3N3O3S/c1-13(2)17(15,16)4-3-11-6(14)12-5-7(8,9)10/h3-5H2,1-2H3,(H2,11,12,14). The molecule has 0 aromatic rings. The van der Waals surface area contributed by atoms with Gasteiger partial charge in [-0.15, -0.1) is 0 Å². The maximum absolute atomic E-state index is 11.7. The number of alkyl halides is 3. The van der Waals surface area contributed by atoms with Gasteiger partial charge in [0.05, 0.1) is 5.75 Å². The lowest BCUT2D eigenvalue weighted by atomic mass is 10.6. The Bertz CT molecular complexity index is 353. The number of carbonyl (C=O) groups excluding carboxylic acids is 1. The molecule has 0 atom stereocenters. The lowest BCUT2D eigenvalue weighted by Crippen LogP contribution is -2.43. The molecular weight excluding hydrogens is 263 g/mol. The van der Waals surface area contributed by atoms with E-state index in [1.54, 1.807) is 5.32 Å². The van der Waals surface area contributed by atoms with E-state index < -0.39 is 28.8 Å². The van der Waals surface area contributed by atoms with Crippen molar-refractivity contribution in [1.29, 1.82) is 0 Å². The van der Waals surface area contributed by atoms with Crippen LogP contribution in [0.4, 0.5) is 18.0 Å². The van der Waals surface area contributed by atoms with Crippen molar-refractivity contribution in [2.45, 2.75) is 6.18 Å². The molecule has 0 aromatic heterocycles. The molecule has 6 nitrogen and oxygen atoms in total. The Morgan fingerprint density at radius 2 is 1.76 bits per heavy atom. The Hall–Kier alpha value is -1.03. The first-order valence-corrected chi connectivity index (χ1v) is 6.14. The Kier molecular flexibility index (Phi) is 5.69. The zero-order chi connectivity index (χ0) is 13.7. The van der Waals surface area contributed by atoms with Crippen LogP contribution in [0.1, 0.15) is 0 Å². The van der Waals surface area contributed by atoms with Crippen LogP contribution in [-0.2, 0) is 10.0 Å². The van der Waals surface area contributed by atoms with Gasteiger partial charge in [0.25, 0.3) is 0 Å². The molecule has 0 aliphatic heterocycles. The van der Waals surface area contributed by atoms with Gasteiger partial charge in [0, 0.05) is 20.6 Å². The SMILES string of the molecule is CN(C)S(=O)(=O)CCNC(=O)NCC(F)(F)F. The van der Waals surface area contributed by atoms with Crippen LogP contribution < -0.4 is 10.6 Å². The van der Waals surface area contributed by atoms with Crippen LogP contribution in [0.2, 0.25) is 0 Å². The second-order valence-electron chi connectivity index (χ2n) is 3.32. The van der Waals surface area contributed by atoms with Crippen LogP contribution in [0.25, 0.3) is 0 Å². The second kappa shape index (κ2) is 6.05. The number of hydrogen-bond acceptors (Lipinski definition) is 3. The third kappa shape index (κ3) is 7.80. The topological polar surface area (TPSA) is 78.5 Å². The van der Waals surface area contributed by atoms with Crippen molar-refractivity contribution >= 4 is 16.1 Å². The predicted octanol–water partition coefficient (Wildman–Crippen LogP) is -0.261. The van der Waals surface area contributed by atoms with Crippen LogP contribution >= 0.6 is 0 Å². The van der Waals surface area contributed by atoms with Crippen LogP contribution in [0.5, 0.6) is 0 Å². The van der Waals surface area contributed by atoms with Gasteiger partial charge in [-0.25, -0.2) is 17.5 Å². The smallest absolute Gasteiger partial charge is 0.337 e. The van der Waals surface area contributed by atoms with Gasteiger partial charge in [-0.2, -0.15) is 13.2 Å². The minimum atomic E-state index is -4.49. The Morgan fingerprint density at radius 1 is 1.24 bits per heavy atom. The molecule has 0 spiro atoms. The number of rotatable bonds is 5. The molecule has 0 radical (unpaired) electrons. The first-order chi connectivity index (χ1) is 7.54. The summed E-state index contributed by atoms with van der Waals surface area (Å²) in [7, 11) is -0.832. The summed E-state index contributed by atoms with van der Waals surface area (Å²) in [6, 6.07) is -1.06. The van der Waals surface area contributed by atoms with Crippen molar-refractivity contribution in [3.8, 4) is 0 Å². The van der Waals surface area contributed by atoms with Gasteiger partial charge in [0.15, 0.2) is 0 Å². The number of nitrogens with zero attached hydrogens (tertiary/aromatic N) is 1. The average molecular weight is 277 g/mol. The number of halogens is 3. The first kappa shape index (κ1) is 16.0. The molecule has 17 heavy (non-hydrogen) atoms. The first-order valence-electron chi connectivity index (χ1n) is 4.53. The van der Waals surface area contributed by atoms with Crippen molar-refractivity contribution in [3.63, 3.8) is 0 Å². The number of carbonyl (C=O) groups is 1. The number of hydrogen-bond donors (Lipinski definition) is 2. The molecule has 0 fully saturated rings. The van der Waals surface area contributed by atoms with Crippen molar-refractivity contribution in [1.82, 2.24) is 14.9 Å². The van der Waals surface area contributed by atoms with Crippen LogP contribution in [-0.4, -0.2) is 57.9 Å². The predicted molar refractivity (Wildman–Crippen MR) is 54.9 cm³/mol. The van der Waals surface area contributed by atoms with Crippen LogP contribution in [0.15, 0.2) is 0 Å². The maximum atomic E-state index is 11.7. The molecular formula is C7H14F3N3O3S. The molecule has 0 heterocycles. The lowest BCUT2D eigenvalue weighted by molar-refractivity contribution is -0.122. The molecule has 2 N–H and O–H groups in total. The summed E-state index contributed by atoms with van der Waals surface area (Å²) >= 11 is 0. The minimum absolute atomic E-state index is 0.260. The highest BCUT2D eigenvalue weighted by atomic mass is 32.2. The average Bonchev–Trinajstić information content (AvgIpc) is 2.13. The molecule has 0 aliphatic rings. The van der Waals surface area contributed by atoms with Gasteiger partial charge in [-0.3, -0.25) is 0 Å². The number of amides is 2. The Balaban J connectivity index is 3.88. The summed E-state index contributed by atoms with van der Waals surface area (Å²) < 4.78 is 58.4. The number of urea groups is 1. The fourth-order valence-electron chi connectivity index (χ4n) is 0.719. The van der Waals surface area contributed by atoms with Gasteiger partial charge in [-0.1, -0.05) is 0 Å². The molecule has 2 amide bonds. The molecule has 0 unspecified atom stereocenters.